The van der Waals surface area contributed by atoms with Crippen molar-refractivity contribution in [1.29, 1.82) is 5.26 Å². The van der Waals surface area contributed by atoms with E-state index in [9.17, 15) is 10.1 Å². The first-order chi connectivity index (χ1) is 15.9. The molecular formula is C24H28N4O4S. The second kappa shape index (κ2) is 10.00. The summed E-state index contributed by atoms with van der Waals surface area (Å²) in [6.07, 6.45) is 0.620. The van der Waals surface area contributed by atoms with Gasteiger partial charge >= 0.3 is 0 Å². The Morgan fingerprint density at radius 1 is 1.33 bits per heavy atom. The minimum atomic E-state index is -0.367. The molecular weight excluding hydrogens is 440 g/mol. The number of carbonyl (C=O) groups is 1. The van der Waals surface area contributed by atoms with Crippen molar-refractivity contribution in [2.45, 2.75) is 37.5 Å². The van der Waals surface area contributed by atoms with Crippen molar-refractivity contribution in [2.75, 3.05) is 49.4 Å². The van der Waals surface area contributed by atoms with Crippen LogP contribution in [0.3, 0.4) is 0 Å². The van der Waals surface area contributed by atoms with E-state index in [1.807, 2.05) is 32.0 Å². The number of methoxy groups -OCH3 is 1. The molecule has 1 aromatic carbocycles. The van der Waals surface area contributed by atoms with Gasteiger partial charge < -0.3 is 24.4 Å². The third-order valence-corrected chi connectivity index (χ3v) is 6.66. The number of ether oxygens (including phenoxy) is 3. The average molecular weight is 469 g/mol. The molecule has 0 radical (unpaired) electrons. The highest BCUT2D eigenvalue weighted by Crippen LogP contribution is 2.38. The Morgan fingerprint density at radius 3 is 2.85 bits per heavy atom. The lowest BCUT2D eigenvalue weighted by Crippen LogP contribution is -2.39. The maximum absolute atomic E-state index is 12.6. The molecule has 0 saturated carbocycles. The fraction of sp³-hybridized carbons (Fsp3) is 0.458. The number of nitrogens with one attached hydrogen (secondary N) is 1. The highest BCUT2D eigenvalue weighted by atomic mass is 32.2. The number of nitrogens with zero attached hydrogens (tertiary/aromatic N) is 3. The predicted octanol–water partition coefficient (Wildman–Crippen LogP) is 3.38. The summed E-state index contributed by atoms with van der Waals surface area (Å²) in [7, 11) is 1.58. The van der Waals surface area contributed by atoms with Gasteiger partial charge in [0.05, 0.1) is 43.8 Å². The molecule has 9 heteroatoms. The van der Waals surface area contributed by atoms with Gasteiger partial charge in [-0.3, -0.25) is 4.79 Å². The van der Waals surface area contributed by atoms with Gasteiger partial charge in [-0.05, 0) is 31.5 Å². The van der Waals surface area contributed by atoms with Gasteiger partial charge in [-0.2, -0.15) is 5.26 Å². The number of rotatable bonds is 6. The number of carbonyl (C=O) groups excluding carboxylic acids is 1. The van der Waals surface area contributed by atoms with Crippen molar-refractivity contribution in [2.24, 2.45) is 0 Å². The number of hydrogen-bond donors (Lipinski definition) is 1. The van der Waals surface area contributed by atoms with Crippen molar-refractivity contribution in [3.63, 3.8) is 0 Å². The average Bonchev–Trinajstić information content (AvgIpc) is 2.82. The first kappa shape index (κ1) is 23.4. The molecule has 2 aliphatic heterocycles. The second-order valence-electron chi connectivity index (χ2n) is 8.58. The van der Waals surface area contributed by atoms with Crippen LogP contribution in [0, 0.1) is 11.3 Å². The number of amides is 1. The van der Waals surface area contributed by atoms with E-state index in [2.05, 4.69) is 16.3 Å². The predicted molar refractivity (Wildman–Crippen MR) is 127 cm³/mol. The van der Waals surface area contributed by atoms with Crippen LogP contribution in [0.2, 0.25) is 0 Å². The first-order valence-electron chi connectivity index (χ1n) is 10.9. The summed E-state index contributed by atoms with van der Waals surface area (Å²) < 4.78 is 16.8. The molecule has 0 atom stereocenters. The molecule has 1 aromatic heterocycles. The number of anilines is 2. The van der Waals surface area contributed by atoms with Crippen LogP contribution in [0.4, 0.5) is 11.5 Å². The van der Waals surface area contributed by atoms with Crippen LogP contribution in [-0.2, 0) is 27.3 Å². The largest absolute Gasteiger partial charge is 0.497 e. The molecule has 2 aromatic rings. The molecule has 0 bridgehead atoms. The third-order valence-electron chi connectivity index (χ3n) is 5.68. The Balaban J connectivity index is 1.60. The zero-order chi connectivity index (χ0) is 23.4. The van der Waals surface area contributed by atoms with E-state index >= 15 is 0 Å². The molecule has 3 heterocycles. The third kappa shape index (κ3) is 5.41. The minimum Gasteiger partial charge on any atom is -0.497 e. The van der Waals surface area contributed by atoms with Crippen LogP contribution in [0.15, 0.2) is 29.3 Å². The van der Waals surface area contributed by atoms with Crippen molar-refractivity contribution in [3.05, 3.63) is 41.0 Å². The Hall–Kier alpha value is -2.80. The highest BCUT2D eigenvalue weighted by molar-refractivity contribution is 8.00. The lowest BCUT2D eigenvalue weighted by Gasteiger charge is -2.36. The SMILES string of the molecule is COc1cccc(NC(=O)CSc2nc(N3CCOCC3)c3c(c2C#N)CC(C)(C)OC3)c1. The monoisotopic (exact) mass is 468 g/mol. The van der Waals surface area contributed by atoms with Gasteiger partial charge in [0, 0.05) is 36.8 Å². The van der Waals surface area contributed by atoms with Crippen LogP contribution < -0.4 is 15.0 Å². The topological polar surface area (TPSA) is 96.7 Å². The number of nitriles is 1. The zero-order valence-electron chi connectivity index (χ0n) is 19.1. The minimum absolute atomic E-state index is 0.139. The molecule has 0 unspecified atom stereocenters. The lowest BCUT2D eigenvalue weighted by molar-refractivity contribution is -0.113. The van der Waals surface area contributed by atoms with Crippen LogP contribution in [0.1, 0.15) is 30.5 Å². The zero-order valence-corrected chi connectivity index (χ0v) is 20.0. The lowest BCUT2D eigenvalue weighted by atomic mass is 9.89. The molecule has 1 saturated heterocycles. The van der Waals surface area contributed by atoms with Gasteiger partial charge in [-0.1, -0.05) is 17.8 Å². The maximum Gasteiger partial charge on any atom is 0.234 e. The highest BCUT2D eigenvalue weighted by Gasteiger charge is 2.33. The number of morpholine rings is 1. The number of thioether (sulfide) groups is 1. The molecule has 1 fully saturated rings. The summed E-state index contributed by atoms with van der Waals surface area (Å²) in [5, 5.41) is 13.5. The van der Waals surface area contributed by atoms with Crippen LogP contribution in [0.5, 0.6) is 5.75 Å². The van der Waals surface area contributed by atoms with E-state index in [1.165, 1.54) is 11.8 Å². The Morgan fingerprint density at radius 2 is 2.12 bits per heavy atom. The van der Waals surface area contributed by atoms with E-state index in [4.69, 9.17) is 19.2 Å². The number of fused-ring (bicyclic) bond motifs is 1. The first-order valence-corrected chi connectivity index (χ1v) is 11.9. The number of aromatic nitrogens is 1. The van der Waals surface area contributed by atoms with Gasteiger partial charge in [0.2, 0.25) is 5.91 Å². The molecule has 33 heavy (non-hydrogen) atoms. The van der Waals surface area contributed by atoms with Crippen molar-refractivity contribution in [3.8, 4) is 11.8 Å². The summed E-state index contributed by atoms with van der Waals surface area (Å²) in [6, 6.07) is 9.56. The van der Waals surface area contributed by atoms with Crippen LogP contribution in [0.25, 0.3) is 0 Å². The second-order valence-corrected chi connectivity index (χ2v) is 9.54. The smallest absolute Gasteiger partial charge is 0.234 e. The van der Waals surface area contributed by atoms with Gasteiger partial charge in [0.15, 0.2) is 0 Å². The Labute approximate surface area is 198 Å². The summed E-state index contributed by atoms with van der Waals surface area (Å²) in [5.74, 6) is 1.47. The molecule has 1 N–H and O–H groups in total. The van der Waals surface area contributed by atoms with Crippen molar-refractivity contribution in [1.82, 2.24) is 4.98 Å². The maximum atomic E-state index is 12.6. The molecule has 4 rings (SSSR count). The standard InChI is InChI=1S/C24H28N4O4S/c1-24(2)12-18-19(13-25)23(27-22(20(18)14-32-24)28-7-9-31-10-8-28)33-15-21(29)26-16-5-4-6-17(11-16)30-3/h4-6,11H,7-10,12,14-15H2,1-3H3,(H,26,29). The quantitative estimate of drug-likeness (QED) is 0.645. The van der Waals surface area contributed by atoms with Crippen molar-refractivity contribution < 1.29 is 19.0 Å². The van der Waals surface area contributed by atoms with Gasteiger partial charge in [0.25, 0.3) is 0 Å². The number of benzene rings is 1. The number of hydrogen-bond acceptors (Lipinski definition) is 8. The number of pyridine rings is 1. The molecule has 0 aliphatic carbocycles. The summed E-state index contributed by atoms with van der Waals surface area (Å²) >= 11 is 1.28. The van der Waals surface area contributed by atoms with Gasteiger partial charge in [-0.15, -0.1) is 0 Å². The van der Waals surface area contributed by atoms with E-state index < -0.39 is 0 Å². The van der Waals surface area contributed by atoms with E-state index in [1.54, 1.807) is 13.2 Å². The summed E-state index contributed by atoms with van der Waals surface area (Å²) in [4.78, 5) is 19.7. The van der Waals surface area contributed by atoms with E-state index in [0.717, 1.165) is 30.0 Å². The molecule has 2 aliphatic rings. The molecule has 174 valence electrons. The van der Waals surface area contributed by atoms with E-state index in [-0.39, 0.29) is 17.3 Å². The Bertz CT molecular complexity index is 1080. The molecule has 0 spiro atoms. The van der Waals surface area contributed by atoms with Gasteiger partial charge in [0.1, 0.15) is 22.7 Å². The molecule has 8 nitrogen and oxygen atoms in total. The fourth-order valence-corrected chi connectivity index (χ4v) is 4.82. The summed E-state index contributed by atoms with van der Waals surface area (Å²) in [5.41, 5.74) is 2.77. The summed E-state index contributed by atoms with van der Waals surface area (Å²) in [6.45, 7) is 7.20. The van der Waals surface area contributed by atoms with Gasteiger partial charge in [-0.25, -0.2) is 4.98 Å². The van der Waals surface area contributed by atoms with Crippen molar-refractivity contribution >= 4 is 29.2 Å². The van der Waals surface area contributed by atoms with Crippen LogP contribution in [-0.4, -0.2) is 55.7 Å². The van der Waals surface area contributed by atoms with E-state index in [0.29, 0.717) is 48.3 Å². The normalized spacial score (nSPS) is 17.1. The van der Waals surface area contributed by atoms with Crippen LogP contribution >= 0.6 is 11.8 Å². The molecule has 1 amide bonds. The Kier molecular flexibility index (Phi) is 7.08. The fourth-order valence-electron chi connectivity index (χ4n) is 4.01.